The molecule has 1 N–H and O–H groups in total. The standard InChI is InChI=1S/C18H27N3O3S/c1-13(23)17-7-14(12-25-17)18(24)21-9-15(16(10-21)11-22)8-20-5-3-19(2)4-6-20/h7,12,15-16,22H,3-6,8-11H2,1-2H3. The third-order valence-corrected chi connectivity index (χ3v) is 6.41. The topological polar surface area (TPSA) is 64.1 Å². The van der Waals surface area contributed by atoms with E-state index in [4.69, 9.17) is 0 Å². The fourth-order valence-electron chi connectivity index (χ4n) is 3.70. The number of Topliss-reactive ketones (excluding diaryl/α,β-unsaturated/α-hetero) is 1. The van der Waals surface area contributed by atoms with Crippen LogP contribution in [0.25, 0.3) is 0 Å². The van der Waals surface area contributed by atoms with Gasteiger partial charge in [-0.3, -0.25) is 9.59 Å². The Morgan fingerprint density at radius 3 is 2.48 bits per heavy atom. The van der Waals surface area contributed by atoms with Crippen LogP contribution in [0.3, 0.4) is 0 Å². The van der Waals surface area contributed by atoms with Gasteiger partial charge < -0.3 is 19.8 Å². The molecule has 6 nitrogen and oxygen atoms in total. The van der Waals surface area contributed by atoms with E-state index in [0.717, 1.165) is 32.7 Å². The number of hydrogen-bond donors (Lipinski definition) is 1. The molecule has 2 atom stereocenters. The largest absolute Gasteiger partial charge is 0.396 e. The molecule has 3 heterocycles. The summed E-state index contributed by atoms with van der Waals surface area (Å²) in [5, 5.41) is 11.5. The van der Waals surface area contributed by atoms with Crippen molar-refractivity contribution in [2.24, 2.45) is 11.8 Å². The number of likely N-dealkylation sites (N-methyl/N-ethyl adjacent to an activating group) is 1. The number of carbonyl (C=O) groups excluding carboxylic acids is 2. The molecule has 0 radical (unpaired) electrons. The van der Waals surface area contributed by atoms with Gasteiger partial charge in [0.05, 0.1) is 10.4 Å². The predicted molar refractivity (Wildman–Crippen MR) is 98.2 cm³/mol. The maximum absolute atomic E-state index is 12.7. The monoisotopic (exact) mass is 365 g/mol. The van der Waals surface area contributed by atoms with Crippen molar-refractivity contribution in [2.45, 2.75) is 6.92 Å². The molecule has 0 aromatic carbocycles. The van der Waals surface area contributed by atoms with Gasteiger partial charge in [-0.15, -0.1) is 11.3 Å². The van der Waals surface area contributed by atoms with Crippen LogP contribution in [-0.4, -0.2) is 91.0 Å². The van der Waals surface area contributed by atoms with Crippen molar-refractivity contribution in [2.75, 3.05) is 59.5 Å². The summed E-state index contributed by atoms with van der Waals surface area (Å²) in [5.74, 6) is 0.410. The van der Waals surface area contributed by atoms with E-state index in [2.05, 4.69) is 16.8 Å². The molecule has 25 heavy (non-hydrogen) atoms. The summed E-state index contributed by atoms with van der Waals surface area (Å²) in [6.45, 7) is 8.08. The first-order valence-electron chi connectivity index (χ1n) is 8.88. The van der Waals surface area contributed by atoms with Gasteiger partial charge in [-0.2, -0.15) is 0 Å². The number of aliphatic hydroxyl groups excluding tert-OH is 1. The van der Waals surface area contributed by atoms with Crippen molar-refractivity contribution in [3.05, 3.63) is 21.9 Å². The van der Waals surface area contributed by atoms with Crippen LogP contribution in [0, 0.1) is 11.8 Å². The Balaban J connectivity index is 1.61. The van der Waals surface area contributed by atoms with Gasteiger partial charge in [0.25, 0.3) is 5.91 Å². The van der Waals surface area contributed by atoms with Crippen LogP contribution < -0.4 is 0 Å². The number of piperazine rings is 1. The molecular formula is C18H27N3O3S. The fraction of sp³-hybridized carbons (Fsp3) is 0.667. The van der Waals surface area contributed by atoms with E-state index in [1.807, 2.05) is 4.90 Å². The molecule has 7 heteroatoms. The Bertz CT molecular complexity index is 625. The number of rotatable bonds is 5. The third kappa shape index (κ3) is 4.28. The molecule has 0 bridgehead atoms. The zero-order valence-electron chi connectivity index (χ0n) is 15.0. The van der Waals surface area contributed by atoms with Crippen LogP contribution in [0.2, 0.25) is 0 Å². The van der Waals surface area contributed by atoms with Gasteiger partial charge in [0.2, 0.25) is 0 Å². The summed E-state index contributed by atoms with van der Waals surface area (Å²) in [4.78, 5) is 31.4. The second-order valence-electron chi connectivity index (χ2n) is 7.27. The highest BCUT2D eigenvalue weighted by molar-refractivity contribution is 7.12. The molecule has 2 unspecified atom stereocenters. The van der Waals surface area contributed by atoms with Crippen molar-refractivity contribution in [3.63, 3.8) is 0 Å². The van der Waals surface area contributed by atoms with Crippen LogP contribution in [0.1, 0.15) is 27.0 Å². The van der Waals surface area contributed by atoms with Gasteiger partial charge in [-0.25, -0.2) is 0 Å². The normalized spacial score (nSPS) is 25.5. The Morgan fingerprint density at radius 1 is 1.20 bits per heavy atom. The van der Waals surface area contributed by atoms with Gasteiger partial charge in [0.1, 0.15) is 0 Å². The molecule has 0 aliphatic carbocycles. The van der Waals surface area contributed by atoms with E-state index in [1.54, 1.807) is 11.4 Å². The van der Waals surface area contributed by atoms with Crippen molar-refractivity contribution in [3.8, 4) is 0 Å². The zero-order chi connectivity index (χ0) is 18.0. The zero-order valence-corrected chi connectivity index (χ0v) is 15.8. The minimum atomic E-state index is -0.0249. The summed E-state index contributed by atoms with van der Waals surface area (Å²) < 4.78 is 0. The Morgan fingerprint density at radius 2 is 1.88 bits per heavy atom. The molecule has 2 saturated heterocycles. The lowest BCUT2D eigenvalue weighted by Gasteiger charge is -2.34. The average Bonchev–Trinajstić information content (AvgIpc) is 3.23. The second-order valence-corrected chi connectivity index (χ2v) is 8.18. The van der Waals surface area contributed by atoms with E-state index < -0.39 is 0 Å². The van der Waals surface area contributed by atoms with Gasteiger partial charge in [0, 0.05) is 63.7 Å². The highest BCUT2D eigenvalue weighted by Gasteiger charge is 2.36. The minimum absolute atomic E-state index is 0.00773. The van der Waals surface area contributed by atoms with Gasteiger partial charge in [-0.1, -0.05) is 0 Å². The van der Waals surface area contributed by atoms with Crippen LogP contribution in [0.5, 0.6) is 0 Å². The number of amides is 1. The number of thiophene rings is 1. The number of likely N-dealkylation sites (tertiary alicyclic amines) is 1. The number of nitrogens with zero attached hydrogens (tertiary/aromatic N) is 3. The lowest BCUT2D eigenvalue weighted by molar-refractivity contribution is 0.0777. The number of hydrogen-bond acceptors (Lipinski definition) is 6. The number of aliphatic hydroxyl groups is 1. The van der Waals surface area contributed by atoms with Gasteiger partial charge in [-0.05, 0) is 26.0 Å². The van der Waals surface area contributed by atoms with Crippen molar-refractivity contribution in [1.29, 1.82) is 0 Å². The Labute approximate surface area is 153 Å². The smallest absolute Gasteiger partial charge is 0.254 e. The van der Waals surface area contributed by atoms with Crippen molar-refractivity contribution < 1.29 is 14.7 Å². The molecule has 2 aliphatic rings. The predicted octanol–water partition coefficient (Wildman–Crippen LogP) is 0.879. The van der Waals surface area contributed by atoms with Crippen LogP contribution >= 0.6 is 11.3 Å². The molecule has 0 spiro atoms. The fourth-order valence-corrected chi connectivity index (χ4v) is 4.48. The number of ketones is 1. The van der Waals surface area contributed by atoms with Crippen LogP contribution in [0.4, 0.5) is 0 Å². The van der Waals surface area contributed by atoms with E-state index >= 15 is 0 Å². The van der Waals surface area contributed by atoms with E-state index in [-0.39, 0.29) is 24.2 Å². The van der Waals surface area contributed by atoms with E-state index in [0.29, 0.717) is 29.4 Å². The highest BCUT2D eigenvalue weighted by Crippen LogP contribution is 2.27. The summed E-state index contributed by atoms with van der Waals surface area (Å²) in [5.41, 5.74) is 0.590. The quantitative estimate of drug-likeness (QED) is 0.785. The maximum Gasteiger partial charge on any atom is 0.254 e. The first-order valence-corrected chi connectivity index (χ1v) is 9.76. The summed E-state index contributed by atoms with van der Waals surface area (Å²) in [6, 6.07) is 1.69. The third-order valence-electron chi connectivity index (χ3n) is 5.38. The van der Waals surface area contributed by atoms with E-state index in [9.17, 15) is 14.7 Å². The first-order chi connectivity index (χ1) is 12.0. The lowest BCUT2D eigenvalue weighted by atomic mass is 9.96. The molecule has 138 valence electrons. The van der Waals surface area contributed by atoms with Crippen LogP contribution in [-0.2, 0) is 0 Å². The highest BCUT2D eigenvalue weighted by atomic mass is 32.1. The summed E-state index contributed by atoms with van der Waals surface area (Å²) >= 11 is 1.32. The summed E-state index contributed by atoms with van der Waals surface area (Å²) in [7, 11) is 2.14. The minimum Gasteiger partial charge on any atom is -0.396 e. The lowest BCUT2D eigenvalue weighted by Crippen LogP contribution is -2.47. The first kappa shape index (κ1) is 18.5. The molecule has 0 saturated carbocycles. The van der Waals surface area contributed by atoms with Crippen LogP contribution in [0.15, 0.2) is 11.4 Å². The number of carbonyl (C=O) groups is 2. The van der Waals surface area contributed by atoms with Gasteiger partial charge in [0.15, 0.2) is 5.78 Å². The molecular weight excluding hydrogens is 338 g/mol. The summed E-state index contributed by atoms with van der Waals surface area (Å²) in [6.07, 6.45) is 0. The SMILES string of the molecule is CC(=O)c1cc(C(=O)N2CC(CO)C(CN3CCN(C)CC3)C2)cs1. The molecule has 1 amide bonds. The molecule has 3 rings (SSSR count). The average molecular weight is 365 g/mol. The van der Waals surface area contributed by atoms with Gasteiger partial charge >= 0.3 is 0 Å². The molecule has 2 fully saturated rings. The van der Waals surface area contributed by atoms with Crippen molar-refractivity contribution in [1.82, 2.24) is 14.7 Å². The Hall–Kier alpha value is -1.28. The molecule has 2 aliphatic heterocycles. The van der Waals surface area contributed by atoms with Crippen molar-refractivity contribution >= 4 is 23.0 Å². The van der Waals surface area contributed by atoms with E-state index in [1.165, 1.54) is 18.3 Å². The second kappa shape index (κ2) is 7.95. The molecule has 1 aromatic heterocycles. The maximum atomic E-state index is 12.7. The molecule has 1 aromatic rings. The Kier molecular flexibility index (Phi) is 5.89.